The molecule has 67 heavy (non-hydrogen) atoms. The first-order valence-corrected chi connectivity index (χ1v) is 19.3. The molecule has 0 aliphatic carbocycles. The van der Waals surface area contributed by atoms with E-state index in [4.69, 9.17) is 10.9 Å². The third-order valence-corrected chi connectivity index (χ3v) is 8.90. The summed E-state index contributed by atoms with van der Waals surface area (Å²) in [6, 6.07) is 22.0. The molecule has 7 rings (SSSR count). The number of halogens is 6. The lowest BCUT2D eigenvalue weighted by Crippen LogP contribution is -2.35. The van der Waals surface area contributed by atoms with Crippen molar-refractivity contribution in [1.82, 2.24) is 60.9 Å². The van der Waals surface area contributed by atoms with Crippen LogP contribution in [-0.2, 0) is 12.4 Å². The van der Waals surface area contributed by atoms with Gasteiger partial charge < -0.3 is 36.7 Å². The van der Waals surface area contributed by atoms with E-state index in [9.17, 15) is 45.5 Å². The quantitative estimate of drug-likeness (QED) is 0.0225. The van der Waals surface area contributed by atoms with Gasteiger partial charge in [0.05, 0.1) is 33.6 Å². The third-order valence-electron chi connectivity index (χ3n) is 8.90. The molecular formula is C41H34F6N14O6. The molecule has 0 spiro atoms. The van der Waals surface area contributed by atoms with E-state index >= 15 is 0 Å². The molecule has 7 N–H and O–H groups in total. The number of rotatable bonds is 14. The van der Waals surface area contributed by atoms with Crippen molar-refractivity contribution in [2.45, 2.75) is 12.4 Å². The number of nitrogens with one attached hydrogen (secondary N) is 4. The highest BCUT2D eigenvalue weighted by atomic mass is 19.4. The molecule has 0 unspecified atom stereocenters. The van der Waals surface area contributed by atoms with Gasteiger partial charge >= 0.3 is 12.4 Å². The molecule has 0 saturated heterocycles. The first-order valence-electron chi connectivity index (χ1n) is 19.3. The Balaban J connectivity index is 0.000000221. The fraction of sp³-hybridized carbons (Fsp3) is 0.146. The molecule has 0 bridgehead atoms. The third kappa shape index (κ3) is 12.4. The maximum atomic E-state index is 13.4. The van der Waals surface area contributed by atoms with Gasteiger partial charge in [-0.15, -0.1) is 0 Å². The number of alkyl halides is 6. The molecule has 20 nitrogen and oxygen atoms in total. The molecule has 0 fully saturated rings. The van der Waals surface area contributed by atoms with Crippen LogP contribution in [0.15, 0.2) is 126 Å². The summed E-state index contributed by atoms with van der Waals surface area (Å²) in [7, 11) is 0. The molecular weight excluding hydrogens is 899 g/mol. The predicted molar refractivity (Wildman–Crippen MR) is 221 cm³/mol. The lowest BCUT2D eigenvalue weighted by Gasteiger charge is -2.08. The van der Waals surface area contributed by atoms with Gasteiger partial charge in [-0.2, -0.15) is 41.5 Å². The van der Waals surface area contributed by atoms with E-state index in [2.05, 4.69) is 61.3 Å². The number of amidine groups is 1. The van der Waals surface area contributed by atoms with Crippen molar-refractivity contribution < 1.29 is 55.3 Å². The topological polar surface area (TPSA) is 275 Å². The standard InChI is InChI=1S/C21H16F3N7O3.C20H18F3N7O3/c22-21(23,24)17-15(11-31(29-17)14-4-2-1-3-5-14)20(33)26-9-8-25-19(32)13-6-7-16(27-10-13)18-28-12-34-30-18;21-20(22,23)16-14(11-30(28-16)13-4-2-1-3-5-13)19(32)26-9-8-25-18(31)12-6-7-15(27-10-12)17(24)29-33/h1-7,10-12H,8-9H2,(H,25,32)(H,26,33);1-7,10-11,33H,8-9H2,(H2,24,29)(H,25,31)(H,26,32). The van der Waals surface area contributed by atoms with Crippen LogP contribution in [0.4, 0.5) is 26.3 Å². The number of nitrogens with two attached hydrogens (primary N) is 1. The van der Waals surface area contributed by atoms with Gasteiger partial charge in [0.1, 0.15) is 11.4 Å². The summed E-state index contributed by atoms with van der Waals surface area (Å²) in [5.74, 6) is -2.91. The Morgan fingerprint density at radius 2 is 1.06 bits per heavy atom. The van der Waals surface area contributed by atoms with E-state index < -0.39 is 58.5 Å². The van der Waals surface area contributed by atoms with E-state index in [-0.39, 0.29) is 54.7 Å². The minimum atomic E-state index is -4.83. The SMILES string of the molecule is N/C(=N\O)c1ccc(C(=O)NCCNC(=O)c2cn(-c3ccccc3)nc2C(F)(F)F)cn1.O=C(NCCNC(=O)c1cn(-c2ccccc2)nc1C(F)(F)F)c1ccc(-c2ncon2)nc1. The highest BCUT2D eigenvalue weighted by Gasteiger charge is 2.40. The van der Waals surface area contributed by atoms with Crippen molar-refractivity contribution in [3.05, 3.63) is 155 Å². The van der Waals surface area contributed by atoms with Gasteiger partial charge in [0.15, 0.2) is 17.2 Å². The highest BCUT2D eigenvalue weighted by Crippen LogP contribution is 2.32. The maximum absolute atomic E-state index is 13.4. The molecule has 5 heterocycles. The zero-order valence-corrected chi connectivity index (χ0v) is 34.2. The Morgan fingerprint density at radius 1 is 0.612 bits per heavy atom. The van der Waals surface area contributed by atoms with Gasteiger partial charge in [0.2, 0.25) is 12.2 Å². The normalized spacial score (nSPS) is 11.5. The highest BCUT2D eigenvalue weighted by molar-refractivity contribution is 5.98. The molecule has 0 saturated carbocycles. The van der Waals surface area contributed by atoms with Crippen molar-refractivity contribution in [3.63, 3.8) is 0 Å². The number of hydrogen-bond acceptors (Lipinski definition) is 13. The van der Waals surface area contributed by atoms with Crippen molar-refractivity contribution >= 4 is 29.5 Å². The fourth-order valence-electron chi connectivity index (χ4n) is 5.70. The summed E-state index contributed by atoms with van der Waals surface area (Å²) in [5, 5.41) is 31.8. The Morgan fingerprint density at radius 3 is 1.43 bits per heavy atom. The average Bonchev–Trinajstić information content (AvgIpc) is 4.14. The summed E-state index contributed by atoms with van der Waals surface area (Å²) in [6.45, 7) is -0.313. The number of oxime groups is 1. The molecule has 0 radical (unpaired) electrons. The monoisotopic (exact) mass is 932 g/mol. The number of aromatic nitrogens is 8. The van der Waals surface area contributed by atoms with Gasteiger partial charge in [0.25, 0.3) is 23.6 Å². The molecule has 0 atom stereocenters. The van der Waals surface area contributed by atoms with Crippen molar-refractivity contribution in [2.75, 3.05) is 26.2 Å². The molecule has 5 aromatic heterocycles. The van der Waals surface area contributed by atoms with E-state index in [1.807, 2.05) is 0 Å². The zero-order chi connectivity index (χ0) is 48.1. The number of pyridine rings is 2. The maximum Gasteiger partial charge on any atom is 0.435 e. The minimum Gasteiger partial charge on any atom is -0.409 e. The lowest BCUT2D eigenvalue weighted by atomic mass is 10.2. The Labute approximate surface area is 372 Å². The van der Waals surface area contributed by atoms with E-state index in [1.54, 1.807) is 60.7 Å². The fourth-order valence-corrected chi connectivity index (χ4v) is 5.70. The van der Waals surface area contributed by atoms with Crippen LogP contribution in [0.25, 0.3) is 22.9 Å². The minimum absolute atomic E-state index is 0.0225. The van der Waals surface area contributed by atoms with E-state index in [1.165, 1.54) is 36.7 Å². The smallest absolute Gasteiger partial charge is 0.409 e. The van der Waals surface area contributed by atoms with E-state index in [0.717, 1.165) is 28.2 Å². The summed E-state index contributed by atoms with van der Waals surface area (Å²) >= 11 is 0. The molecule has 0 aliphatic heterocycles. The van der Waals surface area contributed by atoms with Crippen LogP contribution in [0, 0.1) is 0 Å². The molecule has 346 valence electrons. The number of hydrogen-bond donors (Lipinski definition) is 6. The van der Waals surface area contributed by atoms with Crippen molar-refractivity contribution in [3.8, 4) is 22.9 Å². The van der Waals surface area contributed by atoms with E-state index in [0.29, 0.717) is 17.1 Å². The number of para-hydroxylation sites is 2. The van der Waals surface area contributed by atoms with Crippen LogP contribution >= 0.6 is 0 Å². The molecule has 7 aromatic rings. The lowest BCUT2D eigenvalue weighted by molar-refractivity contribution is -0.142. The van der Waals surface area contributed by atoms with Gasteiger partial charge in [-0.3, -0.25) is 29.1 Å². The van der Waals surface area contributed by atoms with Crippen LogP contribution in [0.2, 0.25) is 0 Å². The van der Waals surface area contributed by atoms with Crippen molar-refractivity contribution in [2.24, 2.45) is 10.9 Å². The number of benzene rings is 2. The average molecular weight is 933 g/mol. The van der Waals surface area contributed by atoms with Gasteiger partial charge in [-0.05, 0) is 48.5 Å². The first kappa shape index (κ1) is 47.5. The van der Waals surface area contributed by atoms with Crippen LogP contribution in [0.1, 0.15) is 58.5 Å². The van der Waals surface area contributed by atoms with Gasteiger partial charge in [0, 0.05) is 51.0 Å². The summed E-state index contributed by atoms with van der Waals surface area (Å²) in [6.07, 6.45) is -3.96. The van der Waals surface area contributed by atoms with Crippen LogP contribution in [0.5, 0.6) is 0 Å². The van der Waals surface area contributed by atoms with Crippen LogP contribution in [-0.4, -0.2) is 101 Å². The first-order chi connectivity index (χ1) is 32.0. The molecule has 4 amide bonds. The Hall–Kier alpha value is -8.97. The van der Waals surface area contributed by atoms with Gasteiger partial charge in [-0.25, -0.2) is 9.36 Å². The molecule has 26 heteroatoms. The Bertz CT molecular complexity index is 2820. The predicted octanol–water partition coefficient (Wildman–Crippen LogP) is 4.04. The second-order valence-electron chi connectivity index (χ2n) is 13.5. The second-order valence-corrected chi connectivity index (χ2v) is 13.5. The Kier molecular flexibility index (Phi) is 15.0. The van der Waals surface area contributed by atoms with Crippen LogP contribution in [0.3, 0.4) is 0 Å². The summed E-state index contributed by atoms with van der Waals surface area (Å²) < 4.78 is 86.9. The zero-order valence-electron chi connectivity index (χ0n) is 34.2. The summed E-state index contributed by atoms with van der Waals surface area (Å²) in [5.41, 5.74) is 3.23. The van der Waals surface area contributed by atoms with Gasteiger partial charge in [-0.1, -0.05) is 46.7 Å². The molecule has 2 aromatic carbocycles. The van der Waals surface area contributed by atoms with Crippen LogP contribution < -0.4 is 27.0 Å². The number of carbonyl (C=O) groups excluding carboxylic acids is 4. The number of amides is 4. The summed E-state index contributed by atoms with van der Waals surface area (Å²) in [4.78, 5) is 60.9. The number of nitrogens with zero attached hydrogens (tertiary/aromatic N) is 9. The molecule has 0 aliphatic rings. The second kappa shape index (κ2) is 21.1. The van der Waals surface area contributed by atoms with Crippen molar-refractivity contribution in [1.29, 1.82) is 0 Å². The largest absolute Gasteiger partial charge is 0.435 e. The number of carbonyl (C=O) groups is 4.